The fourth-order valence-corrected chi connectivity index (χ4v) is 6.73. The maximum Gasteiger partial charge on any atom is 0.240 e. The maximum atomic E-state index is 13.1. The van der Waals surface area contributed by atoms with Crippen molar-refractivity contribution in [1.82, 2.24) is 4.72 Å². The standard InChI is InChI=1S/C21H26N2O3S/c24-21(19-12-14-5-6-15(19)11-14)23-10-9-16-13-18(7-8-20(16)23)27(25,26)22-17-3-1-2-4-17/h5-8,13-15,17,19,22H,1-4,9-12H2/t14-,15-,19-/m0/s1. The van der Waals surface area contributed by atoms with Crippen molar-refractivity contribution in [2.24, 2.45) is 17.8 Å². The molecule has 6 heteroatoms. The molecule has 0 unspecified atom stereocenters. The van der Waals surface area contributed by atoms with E-state index in [4.69, 9.17) is 0 Å². The molecular weight excluding hydrogens is 360 g/mol. The first-order valence-electron chi connectivity index (χ1n) is 10.2. The van der Waals surface area contributed by atoms with Crippen molar-refractivity contribution >= 4 is 21.6 Å². The summed E-state index contributed by atoms with van der Waals surface area (Å²) in [6, 6.07) is 5.31. The Morgan fingerprint density at radius 3 is 2.63 bits per heavy atom. The van der Waals surface area contributed by atoms with Gasteiger partial charge in [-0.05, 0) is 67.7 Å². The Kier molecular flexibility index (Phi) is 4.17. The largest absolute Gasteiger partial charge is 0.312 e. The average Bonchev–Trinajstić information content (AvgIpc) is 3.43. The van der Waals surface area contributed by atoms with E-state index in [0.717, 1.165) is 56.2 Å². The van der Waals surface area contributed by atoms with Gasteiger partial charge in [-0.15, -0.1) is 0 Å². The van der Waals surface area contributed by atoms with Gasteiger partial charge < -0.3 is 4.90 Å². The molecule has 3 atom stereocenters. The number of hydrogen-bond donors (Lipinski definition) is 1. The van der Waals surface area contributed by atoms with E-state index in [-0.39, 0.29) is 17.9 Å². The molecule has 1 heterocycles. The Bertz CT molecular complexity index is 902. The molecule has 1 N–H and O–H groups in total. The maximum absolute atomic E-state index is 13.1. The van der Waals surface area contributed by atoms with Crippen LogP contribution in [0.15, 0.2) is 35.2 Å². The molecule has 0 saturated heterocycles. The third-order valence-corrected chi connectivity index (χ3v) is 8.31. The number of anilines is 1. The Balaban J connectivity index is 1.36. The molecule has 2 bridgehead atoms. The molecule has 1 amide bonds. The van der Waals surface area contributed by atoms with Gasteiger partial charge in [0.05, 0.1) is 4.90 Å². The highest BCUT2D eigenvalue weighted by atomic mass is 32.2. The summed E-state index contributed by atoms with van der Waals surface area (Å²) in [4.78, 5) is 15.3. The number of rotatable bonds is 4. The van der Waals surface area contributed by atoms with Crippen LogP contribution in [0.25, 0.3) is 0 Å². The highest BCUT2D eigenvalue weighted by Gasteiger charge is 2.42. The van der Waals surface area contributed by atoms with Crippen molar-refractivity contribution in [2.45, 2.75) is 55.9 Å². The van der Waals surface area contributed by atoms with Crippen LogP contribution >= 0.6 is 0 Å². The summed E-state index contributed by atoms with van der Waals surface area (Å²) in [5.74, 6) is 1.27. The molecule has 3 aliphatic carbocycles. The van der Waals surface area contributed by atoms with E-state index in [2.05, 4.69) is 16.9 Å². The molecule has 0 aromatic heterocycles. The van der Waals surface area contributed by atoms with Crippen molar-refractivity contribution in [3.05, 3.63) is 35.9 Å². The number of allylic oxidation sites excluding steroid dienone is 2. The van der Waals surface area contributed by atoms with Gasteiger partial charge >= 0.3 is 0 Å². The normalized spacial score (nSPS) is 29.6. The van der Waals surface area contributed by atoms with Crippen LogP contribution < -0.4 is 9.62 Å². The number of carbonyl (C=O) groups is 1. The molecule has 2 fully saturated rings. The lowest BCUT2D eigenvalue weighted by Gasteiger charge is -2.25. The number of sulfonamides is 1. The summed E-state index contributed by atoms with van der Waals surface area (Å²) < 4.78 is 28.2. The van der Waals surface area contributed by atoms with E-state index in [1.165, 1.54) is 0 Å². The second-order valence-electron chi connectivity index (χ2n) is 8.52. The molecule has 27 heavy (non-hydrogen) atoms. The van der Waals surface area contributed by atoms with Gasteiger partial charge in [0.15, 0.2) is 0 Å². The highest BCUT2D eigenvalue weighted by molar-refractivity contribution is 7.89. The van der Waals surface area contributed by atoms with Crippen molar-refractivity contribution in [2.75, 3.05) is 11.4 Å². The summed E-state index contributed by atoms with van der Waals surface area (Å²) >= 11 is 0. The Labute approximate surface area is 160 Å². The lowest BCUT2D eigenvalue weighted by atomic mass is 9.92. The van der Waals surface area contributed by atoms with Crippen LogP contribution in [-0.2, 0) is 21.2 Å². The van der Waals surface area contributed by atoms with Gasteiger partial charge in [-0.25, -0.2) is 13.1 Å². The van der Waals surface area contributed by atoms with E-state index in [9.17, 15) is 13.2 Å². The van der Waals surface area contributed by atoms with Crippen molar-refractivity contribution in [3.8, 4) is 0 Å². The van der Waals surface area contributed by atoms with E-state index >= 15 is 0 Å². The number of nitrogens with one attached hydrogen (secondary N) is 1. The fourth-order valence-electron chi connectivity index (χ4n) is 5.37. The van der Waals surface area contributed by atoms with Gasteiger partial charge in [0.1, 0.15) is 0 Å². The topological polar surface area (TPSA) is 66.5 Å². The first-order chi connectivity index (χ1) is 13.0. The summed E-state index contributed by atoms with van der Waals surface area (Å²) in [5, 5.41) is 0. The van der Waals surface area contributed by atoms with Crippen molar-refractivity contribution in [3.63, 3.8) is 0 Å². The molecule has 4 aliphatic rings. The Morgan fingerprint density at radius 1 is 1.11 bits per heavy atom. The predicted octanol–water partition coefficient (Wildman–Crippen LogP) is 3.01. The number of fused-ring (bicyclic) bond motifs is 3. The van der Waals surface area contributed by atoms with Crippen LogP contribution in [0.4, 0.5) is 5.69 Å². The lowest BCUT2D eigenvalue weighted by molar-refractivity contribution is -0.123. The molecule has 0 radical (unpaired) electrons. The third kappa shape index (κ3) is 3.03. The SMILES string of the molecule is O=C([C@H]1C[C@H]2C=C[C@H]1C2)N1CCc2cc(S(=O)(=O)NC3CCCC3)ccc21. The monoisotopic (exact) mass is 386 g/mol. The van der Waals surface area contributed by atoms with Crippen molar-refractivity contribution < 1.29 is 13.2 Å². The quantitative estimate of drug-likeness (QED) is 0.809. The zero-order chi connectivity index (χ0) is 18.6. The van der Waals surface area contributed by atoms with E-state index in [1.54, 1.807) is 12.1 Å². The lowest BCUT2D eigenvalue weighted by Crippen LogP contribution is -2.36. The highest BCUT2D eigenvalue weighted by Crippen LogP contribution is 2.45. The van der Waals surface area contributed by atoms with Crippen LogP contribution in [0.3, 0.4) is 0 Å². The second-order valence-corrected chi connectivity index (χ2v) is 10.2. The number of hydrogen-bond acceptors (Lipinski definition) is 3. The molecule has 144 valence electrons. The first kappa shape index (κ1) is 17.4. The molecule has 5 rings (SSSR count). The molecule has 1 aromatic rings. The second kappa shape index (κ2) is 6.45. The molecule has 0 spiro atoms. The fraction of sp³-hybridized carbons (Fsp3) is 0.571. The number of carbonyl (C=O) groups excluding carboxylic acids is 1. The van der Waals surface area contributed by atoms with Gasteiger partial charge in [-0.3, -0.25) is 4.79 Å². The third-order valence-electron chi connectivity index (χ3n) is 6.80. The molecular formula is C21H26N2O3S. The average molecular weight is 387 g/mol. The van der Waals surface area contributed by atoms with Crippen LogP contribution in [0, 0.1) is 17.8 Å². The molecule has 1 aliphatic heterocycles. The Morgan fingerprint density at radius 2 is 1.93 bits per heavy atom. The van der Waals surface area contributed by atoms with Crippen LogP contribution in [0.5, 0.6) is 0 Å². The minimum absolute atomic E-state index is 0.0622. The molecule has 5 nitrogen and oxygen atoms in total. The zero-order valence-corrected chi connectivity index (χ0v) is 16.2. The number of amides is 1. The van der Waals surface area contributed by atoms with Gasteiger partial charge in [-0.1, -0.05) is 25.0 Å². The minimum Gasteiger partial charge on any atom is -0.312 e. The summed E-state index contributed by atoms with van der Waals surface area (Å²) in [7, 11) is -3.49. The molecule has 2 saturated carbocycles. The zero-order valence-electron chi connectivity index (χ0n) is 15.4. The van der Waals surface area contributed by atoms with E-state index in [1.807, 2.05) is 11.0 Å². The number of benzene rings is 1. The van der Waals surface area contributed by atoms with E-state index < -0.39 is 10.0 Å². The number of nitrogens with zero attached hydrogens (tertiary/aromatic N) is 1. The Hall–Kier alpha value is -1.66. The first-order valence-corrected chi connectivity index (χ1v) is 11.6. The minimum atomic E-state index is -3.49. The summed E-state index contributed by atoms with van der Waals surface area (Å²) in [5.41, 5.74) is 1.86. The van der Waals surface area contributed by atoms with E-state index in [0.29, 0.717) is 23.3 Å². The summed E-state index contributed by atoms with van der Waals surface area (Å²) in [6.07, 6.45) is 11.3. The van der Waals surface area contributed by atoms with Gasteiger partial charge in [-0.2, -0.15) is 0 Å². The van der Waals surface area contributed by atoms with Crippen LogP contribution in [0.2, 0.25) is 0 Å². The predicted molar refractivity (Wildman–Crippen MR) is 104 cm³/mol. The van der Waals surface area contributed by atoms with Crippen LogP contribution in [-0.4, -0.2) is 26.9 Å². The van der Waals surface area contributed by atoms with Gasteiger partial charge in [0, 0.05) is 24.2 Å². The van der Waals surface area contributed by atoms with Crippen molar-refractivity contribution in [1.29, 1.82) is 0 Å². The van der Waals surface area contributed by atoms with Crippen LogP contribution in [0.1, 0.15) is 44.1 Å². The van der Waals surface area contributed by atoms with Gasteiger partial charge in [0.25, 0.3) is 0 Å². The molecule has 1 aromatic carbocycles. The smallest absolute Gasteiger partial charge is 0.240 e. The van der Waals surface area contributed by atoms with Gasteiger partial charge in [0.2, 0.25) is 15.9 Å². The summed E-state index contributed by atoms with van der Waals surface area (Å²) in [6.45, 7) is 0.658.